The van der Waals surface area contributed by atoms with Crippen molar-refractivity contribution in [3.8, 4) is 0 Å². The second-order valence-electron chi connectivity index (χ2n) is 5.81. The van der Waals surface area contributed by atoms with Gasteiger partial charge >= 0.3 is 0 Å². The van der Waals surface area contributed by atoms with Crippen molar-refractivity contribution in [3.05, 3.63) is 71.4 Å². The highest BCUT2D eigenvalue weighted by Crippen LogP contribution is 2.20. The quantitative estimate of drug-likeness (QED) is 0.630. The molecule has 5 heteroatoms. The molecular formula is C20H20ClN3O. The summed E-state index contributed by atoms with van der Waals surface area (Å²) < 4.78 is 0. The summed E-state index contributed by atoms with van der Waals surface area (Å²) in [6, 6.07) is 17.5. The van der Waals surface area contributed by atoms with E-state index in [2.05, 4.69) is 15.6 Å². The Morgan fingerprint density at radius 1 is 1.04 bits per heavy atom. The highest BCUT2D eigenvalue weighted by atomic mass is 35.5. The van der Waals surface area contributed by atoms with Crippen LogP contribution in [0, 0.1) is 0 Å². The maximum Gasteiger partial charge on any atom is 0.225 e. The van der Waals surface area contributed by atoms with Crippen LogP contribution in [0.15, 0.2) is 60.8 Å². The van der Waals surface area contributed by atoms with E-state index in [1.807, 2.05) is 54.6 Å². The van der Waals surface area contributed by atoms with Gasteiger partial charge in [0.1, 0.15) is 0 Å². The third kappa shape index (κ3) is 5.02. The molecule has 3 aromatic rings. The van der Waals surface area contributed by atoms with Crippen LogP contribution >= 0.6 is 11.6 Å². The molecule has 3 rings (SSSR count). The van der Waals surface area contributed by atoms with Gasteiger partial charge in [0.25, 0.3) is 0 Å². The predicted molar refractivity (Wildman–Crippen MR) is 103 cm³/mol. The molecule has 25 heavy (non-hydrogen) atoms. The van der Waals surface area contributed by atoms with Gasteiger partial charge in [0.2, 0.25) is 5.91 Å². The Morgan fingerprint density at radius 2 is 1.88 bits per heavy atom. The summed E-state index contributed by atoms with van der Waals surface area (Å²) in [6.45, 7) is 1.44. The summed E-state index contributed by atoms with van der Waals surface area (Å²) >= 11 is 5.97. The molecular weight excluding hydrogens is 334 g/mol. The average Bonchev–Trinajstić information content (AvgIpc) is 2.62. The van der Waals surface area contributed by atoms with Crippen LogP contribution < -0.4 is 10.6 Å². The van der Waals surface area contributed by atoms with E-state index in [0.717, 1.165) is 34.6 Å². The molecule has 0 saturated carbocycles. The molecule has 128 valence electrons. The van der Waals surface area contributed by atoms with Crippen molar-refractivity contribution < 1.29 is 4.79 Å². The molecule has 0 bridgehead atoms. The van der Waals surface area contributed by atoms with Crippen molar-refractivity contribution in [2.75, 3.05) is 18.4 Å². The summed E-state index contributed by atoms with van der Waals surface area (Å²) in [6.07, 6.45) is 3.03. The molecule has 0 unspecified atom stereocenters. The smallest absolute Gasteiger partial charge is 0.225 e. The van der Waals surface area contributed by atoms with E-state index in [1.165, 1.54) is 5.56 Å². The monoisotopic (exact) mass is 353 g/mol. The highest BCUT2D eigenvalue weighted by molar-refractivity contribution is 6.30. The van der Waals surface area contributed by atoms with E-state index in [-0.39, 0.29) is 5.91 Å². The molecule has 1 amide bonds. The highest BCUT2D eigenvalue weighted by Gasteiger charge is 2.06. The summed E-state index contributed by atoms with van der Waals surface area (Å²) in [5.41, 5.74) is 2.75. The zero-order valence-corrected chi connectivity index (χ0v) is 14.6. The van der Waals surface area contributed by atoms with E-state index in [1.54, 1.807) is 6.20 Å². The number of rotatable bonds is 7. The summed E-state index contributed by atoms with van der Waals surface area (Å²) in [5, 5.41) is 7.99. The number of nitrogens with one attached hydrogen (secondary N) is 2. The van der Waals surface area contributed by atoms with Gasteiger partial charge in [-0.1, -0.05) is 41.9 Å². The average molecular weight is 354 g/mol. The molecule has 0 spiro atoms. The number of anilines is 1. The number of fused-ring (bicyclic) bond motifs is 1. The molecule has 2 aromatic carbocycles. The third-order valence-electron chi connectivity index (χ3n) is 3.92. The molecule has 1 aromatic heterocycles. The van der Waals surface area contributed by atoms with Gasteiger partial charge in [-0.15, -0.1) is 0 Å². The van der Waals surface area contributed by atoms with Gasteiger partial charge in [-0.2, -0.15) is 0 Å². The van der Waals surface area contributed by atoms with Crippen molar-refractivity contribution in [2.24, 2.45) is 0 Å². The van der Waals surface area contributed by atoms with Crippen LogP contribution in [0.25, 0.3) is 10.9 Å². The van der Waals surface area contributed by atoms with Gasteiger partial charge < -0.3 is 10.6 Å². The Morgan fingerprint density at radius 3 is 2.76 bits per heavy atom. The van der Waals surface area contributed by atoms with Crippen LogP contribution in [-0.4, -0.2) is 24.0 Å². The maximum atomic E-state index is 12.1. The summed E-state index contributed by atoms with van der Waals surface area (Å²) in [4.78, 5) is 16.5. The molecule has 4 nitrogen and oxygen atoms in total. The largest absolute Gasteiger partial charge is 0.324 e. The van der Waals surface area contributed by atoms with E-state index < -0.39 is 0 Å². The number of amides is 1. The fraction of sp³-hybridized carbons (Fsp3) is 0.200. The Labute approximate surface area is 152 Å². The lowest BCUT2D eigenvalue weighted by atomic mass is 10.1. The lowest BCUT2D eigenvalue weighted by molar-refractivity contribution is -0.116. The molecule has 0 aliphatic rings. The number of benzene rings is 2. The molecule has 0 atom stereocenters. The van der Waals surface area contributed by atoms with Crippen molar-refractivity contribution in [1.82, 2.24) is 10.3 Å². The minimum atomic E-state index is -0.0200. The van der Waals surface area contributed by atoms with Gasteiger partial charge in [-0.3, -0.25) is 9.78 Å². The Hall–Kier alpha value is -2.43. The molecule has 0 aliphatic carbocycles. The zero-order valence-electron chi connectivity index (χ0n) is 13.8. The fourth-order valence-corrected chi connectivity index (χ4v) is 2.88. The Balaban J connectivity index is 1.43. The van der Waals surface area contributed by atoms with Crippen molar-refractivity contribution in [2.45, 2.75) is 12.8 Å². The minimum Gasteiger partial charge on any atom is -0.324 e. The first-order chi connectivity index (χ1) is 12.2. The lowest BCUT2D eigenvalue weighted by Gasteiger charge is -2.09. The summed E-state index contributed by atoms with van der Waals surface area (Å²) in [7, 11) is 0. The van der Waals surface area contributed by atoms with Crippen molar-refractivity contribution in [3.63, 3.8) is 0 Å². The zero-order chi connectivity index (χ0) is 17.5. The first kappa shape index (κ1) is 17.4. The number of para-hydroxylation sites is 1. The van der Waals surface area contributed by atoms with E-state index >= 15 is 0 Å². The first-order valence-electron chi connectivity index (χ1n) is 8.31. The molecule has 0 saturated heterocycles. The standard InChI is InChI=1S/C20H20ClN3O/c21-17-7-1-4-15(14-17)9-12-22-13-10-19(25)24-18-8-2-5-16-6-3-11-23-20(16)18/h1-8,11,14,22H,9-10,12-13H2,(H,24,25). The second kappa shape index (κ2) is 8.60. The van der Waals surface area contributed by atoms with Crippen LogP contribution in [0.2, 0.25) is 5.02 Å². The SMILES string of the molecule is O=C(CCNCCc1cccc(Cl)c1)Nc1cccc2cccnc12. The number of halogens is 1. The van der Waals surface area contributed by atoms with Crippen LogP contribution in [-0.2, 0) is 11.2 Å². The molecule has 0 fully saturated rings. The topological polar surface area (TPSA) is 54.0 Å². The fourth-order valence-electron chi connectivity index (χ4n) is 2.67. The number of hydrogen-bond donors (Lipinski definition) is 2. The van der Waals surface area contributed by atoms with Gasteiger partial charge in [0, 0.05) is 29.6 Å². The Bertz CT molecular complexity index is 861. The molecule has 1 heterocycles. The minimum absolute atomic E-state index is 0.0200. The van der Waals surface area contributed by atoms with Crippen molar-refractivity contribution in [1.29, 1.82) is 0 Å². The van der Waals surface area contributed by atoms with Crippen LogP contribution in [0.5, 0.6) is 0 Å². The summed E-state index contributed by atoms with van der Waals surface area (Å²) in [5.74, 6) is -0.0200. The van der Waals surface area contributed by atoms with Gasteiger partial charge in [0.05, 0.1) is 11.2 Å². The second-order valence-corrected chi connectivity index (χ2v) is 6.25. The van der Waals surface area contributed by atoms with Gasteiger partial charge in [0.15, 0.2) is 0 Å². The van der Waals surface area contributed by atoms with Crippen LogP contribution in [0.3, 0.4) is 0 Å². The predicted octanol–water partition coefficient (Wildman–Crippen LogP) is 4.05. The normalized spacial score (nSPS) is 10.8. The Kier molecular flexibility index (Phi) is 5.99. The van der Waals surface area contributed by atoms with E-state index in [9.17, 15) is 4.79 Å². The van der Waals surface area contributed by atoms with Crippen LogP contribution in [0.4, 0.5) is 5.69 Å². The number of carbonyl (C=O) groups is 1. The lowest BCUT2D eigenvalue weighted by Crippen LogP contribution is -2.23. The molecule has 0 radical (unpaired) electrons. The number of aromatic nitrogens is 1. The van der Waals surface area contributed by atoms with E-state index in [4.69, 9.17) is 11.6 Å². The van der Waals surface area contributed by atoms with Gasteiger partial charge in [-0.25, -0.2) is 0 Å². The third-order valence-corrected chi connectivity index (χ3v) is 4.15. The maximum absolute atomic E-state index is 12.1. The first-order valence-corrected chi connectivity index (χ1v) is 8.69. The van der Waals surface area contributed by atoms with Gasteiger partial charge in [-0.05, 0) is 42.8 Å². The number of pyridine rings is 1. The molecule has 0 aliphatic heterocycles. The number of hydrogen-bond acceptors (Lipinski definition) is 3. The van der Waals surface area contributed by atoms with E-state index in [0.29, 0.717) is 13.0 Å². The molecule has 2 N–H and O–H groups in total. The number of carbonyl (C=O) groups excluding carboxylic acids is 1. The van der Waals surface area contributed by atoms with Crippen LogP contribution in [0.1, 0.15) is 12.0 Å². The van der Waals surface area contributed by atoms with Crippen molar-refractivity contribution >= 4 is 34.1 Å². The number of nitrogens with zero attached hydrogens (tertiary/aromatic N) is 1.